The van der Waals surface area contributed by atoms with E-state index in [1.165, 1.54) is 0 Å². The Morgan fingerprint density at radius 1 is 1.17 bits per heavy atom. The van der Waals surface area contributed by atoms with Gasteiger partial charge < -0.3 is 23.7 Å². The Balaban J connectivity index is 1.72. The van der Waals surface area contributed by atoms with Crippen LogP contribution >= 0.6 is 0 Å². The molecule has 0 bridgehead atoms. The monoisotopic (exact) mass is 589 g/mol. The Morgan fingerprint density at radius 3 is 2.34 bits per heavy atom. The van der Waals surface area contributed by atoms with Crippen molar-refractivity contribution in [2.24, 2.45) is 17.8 Å². The largest absolute Gasteiger partial charge is 0.439 e. The van der Waals surface area contributed by atoms with E-state index in [4.69, 9.17) is 18.6 Å². The number of carbonyl (C=O) groups is 2. The number of hydrogen-bond acceptors (Lipinski definition) is 7. The maximum absolute atomic E-state index is 13.4. The van der Waals surface area contributed by atoms with Crippen molar-refractivity contribution in [3.63, 3.8) is 0 Å². The van der Waals surface area contributed by atoms with Crippen LogP contribution in [-0.2, 0) is 23.4 Å². The predicted molar refractivity (Wildman–Crippen MR) is 162 cm³/mol. The number of cyclic esters (lactones) is 1. The molecule has 2 saturated heterocycles. The van der Waals surface area contributed by atoms with E-state index < -0.39 is 44.5 Å². The first kappa shape index (κ1) is 33.5. The summed E-state index contributed by atoms with van der Waals surface area (Å²) in [5, 5.41) is 11.3. The van der Waals surface area contributed by atoms with Crippen LogP contribution in [0, 0.1) is 17.8 Å². The molecule has 0 aliphatic carbocycles. The van der Waals surface area contributed by atoms with Gasteiger partial charge in [-0.25, -0.2) is 9.69 Å². The van der Waals surface area contributed by atoms with Gasteiger partial charge in [0.25, 0.3) is 0 Å². The van der Waals surface area contributed by atoms with Crippen molar-refractivity contribution in [2.75, 3.05) is 7.11 Å². The smallest absolute Gasteiger partial charge is 0.417 e. The average molecular weight is 590 g/mol. The number of imide groups is 1. The van der Waals surface area contributed by atoms with Crippen molar-refractivity contribution in [1.29, 1.82) is 0 Å². The van der Waals surface area contributed by atoms with Gasteiger partial charge >= 0.3 is 6.09 Å². The molecular formula is C32H51NO7Si. The van der Waals surface area contributed by atoms with Crippen molar-refractivity contribution in [3.8, 4) is 0 Å². The van der Waals surface area contributed by atoms with Crippen LogP contribution in [0.5, 0.6) is 0 Å². The fraction of sp³-hybridized carbons (Fsp3) is 0.688. The zero-order chi connectivity index (χ0) is 30.9. The van der Waals surface area contributed by atoms with Gasteiger partial charge in [0.15, 0.2) is 14.6 Å². The Bertz CT molecular complexity index is 1090. The minimum atomic E-state index is -2.06. The van der Waals surface area contributed by atoms with E-state index in [2.05, 4.69) is 40.8 Å². The fourth-order valence-corrected chi connectivity index (χ4v) is 6.72. The Kier molecular flexibility index (Phi) is 10.7. The topological polar surface area (TPSA) is 94.5 Å². The van der Waals surface area contributed by atoms with Gasteiger partial charge in [-0.05, 0) is 49.5 Å². The van der Waals surface area contributed by atoms with E-state index in [1.54, 1.807) is 27.9 Å². The van der Waals surface area contributed by atoms with E-state index in [1.807, 2.05) is 43.3 Å². The van der Waals surface area contributed by atoms with Crippen molar-refractivity contribution in [1.82, 2.24) is 4.90 Å². The van der Waals surface area contributed by atoms with Gasteiger partial charge in [0.1, 0.15) is 6.10 Å². The predicted octanol–water partition coefficient (Wildman–Crippen LogP) is 6.46. The standard InChI is InChI=1S/C32H51NO7Si/c1-19(17-20(2)27-25(37-9)18-21(3)30(38-27)40-41(10,11)32(6,7)8)26(34)22(4)29(35)33-23(5)28(39-31(33)36)24-15-13-12-14-16-24/h12-17,20-23,25-28,30,34H,18H2,1-11H3/b19-17+/t20-,21-,22+,23+,25-,26-,27+,28+,30+/m0/s1. The number of methoxy groups -OCH3 is 1. The van der Waals surface area contributed by atoms with Gasteiger partial charge in [-0.1, -0.05) is 78.0 Å². The molecule has 0 spiro atoms. The number of ether oxygens (including phenoxy) is 3. The summed E-state index contributed by atoms with van der Waals surface area (Å²) in [6.07, 6.45) is -0.320. The second kappa shape index (κ2) is 13.1. The molecule has 1 aromatic carbocycles. The highest BCUT2D eigenvalue weighted by molar-refractivity contribution is 6.74. The van der Waals surface area contributed by atoms with Gasteiger partial charge in [0.2, 0.25) is 5.91 Å². The molecule has 0 aromatic heterocycles. The lowest BCUT2D eigenvalue weighted by Crippen LogP contribution is -2.53. The summed E-state index contributed by atoms with van der Waals surface area (Å²) in [5.74, 6) is -1.25. The molecule has 2 fully saturated rings. The number of aliphatic hydroxyl groups is 1. The number of amides is 2. The normalized spacial score (nSPS) is 30.1. The van der Waals surface area contributed by atoms with Crippen molar-refractivity contribution >= 4 is 20.3 Å². The van der Waals surface area contributed by atoms with Crippen LogP contribution in [0.25, 0.3) is 0 Å². The van der Waals surface area contributed by atoms with Crippen LogP contribution in [0.2, 0.25) is 18.1 Å². The molecule has 3 rings (SSSR count). The Labute approximate surface area is 247 Å². The third kappa shape index (κ3) is 7.31. The molecule has 2 amide bonds. The summed E-state index contributed by atoms with van der Waals surface area (Å²) in [6, 6.07) is 8.88. The van der Waals surface area contributed by atoms with E-state index in [-0.39, 0.29) is 35.4 Å². The lowest BCUT2D eigenvalue weighted by molar-refractivity contribution is -0.229. The second-order valence-electron chi connectivity index (χ2n) is 13.5. The first-order valence-corrected chi connectivity index (χ1v) is 17.7. The van der Waals surface area contributed by atoms with Crippen LogP contribution in [0.1, 0.15) is 73.5 Å². The lowest BCUT2D eigenvalue weighted by atomic mass is 9.87. The number of nitrogens with zero attached hydrogens (tertiary/aromatic N) is 1. The molecule has 2 aliphatic heterocycles. The van der Waals surface area contributed by atoms with E-state index in [0.29, 0.717) is 5.57 Å². The third-order valence-electron chi connectivity index (χ3n) is 9.26. The van der Waals surface area contributed by atoms with Crippen molar-refractivity contribution in [2.45, 2.75) is 117 Å². The molecule has 2 aliphatic rings. The van der Waals surface area contributed by atoms with E-state index in [0.717, 1.165) is 16.9 Å². The minimum absolute atomic E-state index is 0.0545. The second-order valence-corrected chi connectivity index (χ2v) is 18.3. The zero-order valence-corrected chi connectivity index (χ0v) is 27.7. The SMILES string of the molecule is CO[C@H]1C[C@H](C)[C@@H](O[Si](C)(C)C(C)(C)C)O[C@@H]1[C@@H](C)/C=C(\C)[C@H](O)[C@@H](C)C(=O)N1C(=O)O[C@@H](c2ccccc2)[C@H]1C. The fourth-order valence-electron chi connectivity index (χ4n) is 5.49. The summed E-state index contributed by atoms with van der Waals surface area (Å²) in [5.41, 5.74) is 1.46. The van der Waals surface area contributed by atoms with Gasteiger partial charge in [0.05, 0.1) is 30.3 Å². The van der Waals surface area contributed by atoms with Crippen LogP contribution < -0.4 is 0 Å². The van der Waals surface area contributed by atoms with Gasteiger partial charge in [-0.3, -0.25) is 4.79 Å². The molecule has 2 heterocycles. The lowest BCUT2D eigenvalue weighted by Gasteiger charge is -2.46. The minimum Gasteiger partial charge on any atom is -0.439 e. The highest BCUT2D eigenvalue weighted by Gasteiger charge is 2.47. The highest BCUT2D eigenvalue weighted by Crippen LogP contribution is 2.41. The molecule has 1 N–H and O–H groups in total. The summed E-state index contributed by atoms with van der Waals surface area (Å²) < 4.78 is 24.6. The Morgan fingerprint density at radius 2 is 1.78 bits per heavy atom. The molecule has 8 nitrogen and oxygen atoms in total. The maximum atomic E-state index is 13.4. The molecule has 0 saturated carbocycles. The summed E-state index contributed by atoms with van der Waals surface area (Å²) in [4.78, 5) is 27.3. The van der Waals surface area contributed by atoms with Crippen molar-refractivity contribution in [3.05, 3.63) is 47.5 Å². The molecule has 230 valence electrons. The molecule has 0 unspecified atom stereocenters. The van der Waals surface area contributed by atoms with Crippen LogP contribution in [0.15, 0.2) is 42.0 Å². The third-order valence-corrected chi connectivity index (χ3v) is 13.7. The highest BCUT2D eigenvalue weighted by atomic mass is 28.4. The van der Waals surface area contributed by atoms with E-state index >= 15 is 0 Å². The first-order chi connectivity index (χ1) is 19.0. The molecule has 9 atom stereocenters. The number of rotatable bonds is 9. The number of hydrogen-bond donors (Lipinski definition) is 1. The van der Waals surface area contributed by atoms with Crippen LogP contribution in [-0.4, -0.2) is 68.1 Å². The van der Waals surface area contributed by atoms with Gasteiger partial charge in [-0.2, -0.15) is 0 Å². The van der Waals surface area contributed by atoms with Gasteiger partial charge in [0, 0.05) is 18.9 Å². The Hall–Kier alpha value is -2.04. The molecule has 1 aromatic rings. The first-order valence-electron chi connectivity index (χ1n) is 14.8. The van der Waals surface area contributed by atoms with Crippen molar-refractivity contribution < 1.29 is 33.3 Å². The average Bonchev–Trinajstić information content (AvgIpc) is 3.21. The quantitative estimate of drug-likeness (QED) is 0.261. The number of carbonyl (C=O) groups excluding carboxylic acids is 2. The summed E-state index contributed by atoms with van der Waals surface area (Å²) in [6.45, 7) is 20.5. The summed E-state index contributed by atoms with van der Waals surface area (Å²) in [7, 11) is -0.365. The molecule has 0 radical (unpaired) electrons. The molecule has 41 heavy (non-hydrogen) atoms. The number of aliphatic hydroxyl groups excluding tert-OH is 1. The van der Waals surface area contributed by atoms with Crippen LogP contribution in [0.3, 0.4) is 0 Å². The molecule has 9 heteroatoms. The van der Waals surface area contributed by atoms with Gasteiger partial charge in [-0.15, -0.1) is 0 Å². The number of benzene rings is 1. The molecular weight excluding hydrogens is 538 g/mol. The van der Waals surface area contributed by atoms with Crippen LogP contribution in [0.4, 0.5) is 4.79 Å². The maximum Gasteiger partial charge on any atom is 0.417 e. The van der Waals surface area contributed by atoms with E-state index in [9.17, 15) is 14.7 Å². The summed E-state index contributed by atoms with van der Waals surface area (Å²) >= 11 is 0. The zero-order valence-electron chi connectivity index (χ0n) is 26.7.